The van der Waals surface area contributed by atoms with Crippen LogP contribution in [0.1, 0.15) is 39.5 Å². The first-order chi connectivity index (χ1) is 6.63. The van der Waals surface area contributed by atoms with Gasteiger partial charge < -0.3 is 10.0 Å². The molecule has 0 saturated heterocycles. The van der Waals surface area contributed by atoms with Gasteiger partial charge in [-0.1, -0.05) is 19.8 Å². The largest absolute Gasteiger partial charge is 0.481 e. The quantitative estimate of drug-likeness (QED) is 0.681. The molecular formula is C11H21NO2. The van der Waals surface area contributed by atoms with Crippen LogP contribution >= 0.6 is 0 Å². The molecule has 14 heavy (non-hydrogen) atoms. The zero-order valence-corrected chi connectivity index (χ0v) is 9.20. The number of carboxylic acids is 1. The highest BCUT2D eigenvalue weighted by Crippen LogP contribution is 2.32. The van der Waals surface area contributed by atoms with Gasteiger partial charge in [0.25, 0.3) is 0 Å². The van der Waals surface area contributed by atoms with Crippen molar-refractivity contribution in [2.75, 3.05) is 13.1 Å². The van der Waals surface area contributed by atoms with Crippen LogP contribution in [0.2, 0.25) is 0 Å². The van der Waals surface area contributed by atoms with Crippen LogP contribution in [0.4, 0.5) is 0 Å². The summed E-state index contributed by atoms with van der Waals surface area (Å²) in [5.41, 5.74) is 0. The fourth-order valence-electron chi connectivity index (χ4n) is 1.83. The van der Waals surface area contributed by atoms with E-state index in [1.807, 2.05) is 6.92 Å². The van der Waals surface area contributed by atoms with Crippen molar-refractivity contribution in [3.05, 3.63) is 0 Å². The first-order valence-electron chi connectivity index (χ1n) is 5.59. The number of carboxylic acid groups (broad SMARTS) is 1. The molecule has 0 aliphatic heterocycles. The summed E-state index contributed by atoms with van der Waals surface area (Å²) in [4.78, 5) is 12.8. The van der Waals surface area contributed by atoms with Gasteiger partial charge in [0, 0.05) is 6.04 Å². The maximum Gasteiger partial charge on any atom is 0.304 e. The lowest BCUT2D eigenvalue weighted by Crippen LogP contribution is -2.35. The van der Waals surface area contributed by atoms with Crippen LogP contribution in [0.15, 0.2) is 0 Å². The molecule has 1 atom stereocenters. The maximum absolute atomic E-state index is 10.6. The second-order valence-electron chi connectivity index (χ2n) is 4.31. The van der Waals surface area contributed by atoms with Gasteiger partial charge in [-0.05, 0) is 32.4 Å². The molecule has 1 N–H and O–H groups in total. The van der Waals surface area contributed by atoms with Crippen LogP contribution in [0, 0.1) is 5.92 Å². The normalized spacial score (nSPS) is 18.5. The van der Waals surface area contributed by atoms with E-state index in [4.69, 9.17) is 5.11 Å². The standard InChI is InChI=1S/C11H21NO2/c1-3-12(7-6-10-4-5-10)9(2)8-11(13)14/h9-10H,3-8H2,1-2H3,(H,13,14). The summed E-state index contributed by atoms with van der Waals surface area (Å²) < 4.78 is 0. The van der Waals surface area contributed by atoms with E-state index < -0.39 is 5.97 Å². The van der Waals surface area contributed by atoms with Crippen LogP contribution in [0.25, 0.3) is 0 Å². The Morgan fingerprint density at radius 3 is 2.64 bits per heavy atom. The fourth-order valence-corrected chi connectivity index (χ4v) is 1.83. The van der Waals surface area contributed by atoms with Crippen LogP contribution in [-0.2, 0) is 4.79 Å². The van der Waals surface area contributed by atoms with Crippen LogP contribution < -0.4 is 0 Å². The van der Waals surface area contributed by atoms with E-state index in [0.717, 1.165) is 19.0 Å². The van der Waals surface area contributed by atoms with Crippen molar-refractivity contribution in [1.29, 1.82) is 0 Å². The minimum Gasteiger partial charge on any atom is -0.481 e. The highest BCUT2D eigenvalue weighted by molar-refractivity contribution is 5.67. The smallest absolute Gasteiger partial charge is 0.304 e. The van der Waals surface area contributed by atoms with E-state index in [9.17, 15) is 4.79 Å². The van der Waals surface area contributed by atoms with Gasteiger partial charge in [0.1, 0.15) is 0 Å². The number of rotatable bonds is 7. The molecule has 0 heterocycles. The van der Waals surface area contributed by atoms with E-state index >= 15 is 0 Å². The van der Waals surface area contributed by atoms with Gasteiger partial charge in [0.05, 0.1) is 6.42 Å². The van der Waals surface area contributed by atoms with Crippen molar-refractivity contribution in [2.24, 2.45) is 5.92 Å². The van der Waals surface area contributed by atoms with Crippen molar-refractivity contribution < 1.29 is 9.90 Å². The third kappa shape index (κ3) is 4.09. The van der Waals surface area contributed by atoms with Crippen LogP contribution in [0.3, 0.4) is 0 Å². The van der Waals surface area contributed by atoms with E-state index in [-0.39, 0.29) is 12.5 Å². The van der Waals surface area contributed by atoms with Crippen LogP contribution in [0.5, 0.6) is 0 Å². The highest BCUT2D eigenvalue weighted by Gasteiger charge is 2.23. The Hall–Kier alpha value is -0.570. The van der Waals surface area contributed by atoms with Gasteiger partial charge in [-0.25, -0.2) is 0 Å². The maximum atomic E-state index is 10.6. The van der Waals surface area contributed by atoms with E-state index in [0.29, 0.717) is 0 Å². The van der Waals surface area contributed by atoms with Crippen LogP contribution in [-0.4, -0.2) is 35.1 Å². The Kier molecular flexibility index (Phi) is 4.39. The second-order valence-corrected chi connectivity index (χ2v) is 4.31. The molecule has 0 bridgehead atoms. The van der Waals surface area contributed by atoms with Gasteiger partial charge in [-0.15, -0.1) is 0 Å². The summed E-state index contributed by atoms with van der Waals surface area (Å²) in [6, 6.07) is 0.177. The van der Waals surface area contributed by atoms with Crippen molar-refractivity contribution in [1.82, 2.24) is 4.90 Å². The first-order valence-corrected chi connectivity index (χ1v) is 5.59. The highest BCUT2D eigenvalue weighted by atomic mass is 16.4. The molecule has 1 fully saturated rings. The van der Waals surface area contributed by atoms with Crippen molar-refractivity contribution in [3.8, 4) is 0 Å². The molecule has 82 valence electrons. The molecule has 1 unspecified atom stereocenters. The summed E-state index contributed by atoms with van der Waals surface area (Å²) in [7, 11) is 0. The molecule has 0 aromatic heterocycles. The SMILES string of the molecule is CCN(CCC1CC1)C(C)CC(=O)O. The number of aliphatic carboxylic acids is 1. The molecular weight excluding hydrogens is 178 g/mol. The fraction of sp³-hybridized carbons (Fsp3) is 0.909. The van der Waals surface area contributed by atoms with Crippen molar-refractivity contribution >= 4 is 5.97 Å². The lowest BCUT2D eigenvalue weighted by atomic mass is 10.2. The lowest BCUT2D eigenvalue weighted by Gasteiger charge is -2.26. The predicted octanol–water partition coefficient (Wildman–Crippen LogP) is 1.97. The molecule has 1 aliphatic carbocycles. The summed E-state index contributed by atoms with van der Waals surface area (Å²) in [6.07, 6.45) is 4.27. The van der Waals surface area contributed by atoms with Gasteiger partial charge >= 0.3 is 5.97 Å². The van der Waals surface area contributed by atoms with Gasteiger partial charge in [0.2, 0.25) is 0 Å². The summed E-state index contributed by atoms with van der Waals surface area (Å²) in [6.45, 7) is 6.13. The third-order valence-corrected chi connectivity index (χ3v) is 3.02. The topological polar surface area (TPSA) is 40.5 Å². The lowest BCUT2D eigenvalue weighted by molar-refractivity contribution is -0.138. The molecule has 0 aromatic rings. The molecule has 1 saturated carbocycles. The molecule has 0 amide bonds. The molecule has 0 spiro atoms. The number of hydrogen-bond acceptors (Lipinski definition) is 2. The Bertz CT molecular complexity index is 190. The molecule has 1 rings (SSSR count). The second kappa shape index (κ2) is 5.35. The number of carbonyl (C=O) groups is 1. The summed E-state index contributed by atoms with van der Waals surface area (Å²) >= 11 is 0. The van der Waals surface area contributed by atoms with Crippen molar-refractivity contribution in [3.63, 3.8) is 0 Å². The van der Waals surface area contributed by atoms with Gasteiger partial charge in [0.15, 0.2) is 0 Å². The molecule has 3 nitrogen and oxygen atoms in total. The minimum atomic E-state index is -0.692. The van der Waals surface area contributed by atoms with Gasteiger partial charge in [-0.2, -0.15) is 0 Å². The molecule has 1 aliphatic rings. The zero-order valence-electron chi connectivity index (χ0n) is 9.20. The minimum absolute atomic E-state index is 0.177. The average Bonchev–Trinajstić information content (AvgIpc) is 2.87. The predicted molar refractivity (Wildman–Crippen MR) is 56.3 cm³/mol. The van der Waals surface area contributed by atoms with Gasteiger partial charge in [-0.3, -0.25) is 4.79 Å². The van der Waals surface area contributed by atoms with E-state index in [1.54, 1.807) is 0 Å². The van der Waals surface area contributed by atoms with E-state index in [2.05, 4.69) is 11.8 Å². The Morgan fingerprint density at radius 2 is 2.21 bits per heavy atom. The van der Waals surface area contributed by atoms with Crippen molar-refractivity contribution in [2.45, 2.75) is 45.6 Å². The Morgan fingerprint density at radius 1 is 1.57 bits per heavy atom. The zero-order chi connectivity index (χ0) is 10.6. The first kappa shape index (κ1) is 11.5. The third-order valence-electron chi connectivity index (χ3n) is 3.02. The Balaban J connectivity index is 2.23. The number of nitrogens with zero attached hydrogens (tertiary/aromatic N) is 1. The summed E-state index contributed by atoms with van der Waals surface area (Å²) in [5, 5.41) is 8.69. The number of hydrogen-bond donors (Lipinski definition) is 1. The molecule has 3 heteroatoms. The molecule has 0 radical (unpaired) electrons. The average molecular weight is 199 g/mol. The molecule has 0 aromatic carbocycles. The van der Waals surface area contributed by atoms with E-state index in [1.165, 1.54) is 19.3 Å². The monoisotopic (exact) mass is 199 g/mol. The summed E-state index contributed by atoms with van der Waals surface area (Å²) in [5.74, 6) is 0.239. The Labute approximate surface area is 86.1 Å².